The summed E-state index contributed by atoms with van der Waals surface area (Å²) in [4.78, 5) is 0. The molecule has 0 radical (unpaired) electrons. The molecule has 2 aliphatic heterocycles. The molecule has 220 valence electrons. The van der Waals surface area contributed by atoms with Crippen LogP contribution in [0.3, 0.4) is 0 Å². The SMILES string of the molecule is CC(C)(c1ccc(OCC2CO2)cc1)c1ccc(OCC2CO2)cc1.Cc1ccc(C(C)(C)c2ccc(C)cc2)cc1. The van der Waals surface area contributed by atoms with Gasteiger partial charge < -0.3 is 18.9 Å². The molecule has 4 nitrogen and oxygen atoms in total. The number of ether oxygens (including phenoxy) is 4. The van der Waals surface area contributed by atoms with Gasteiger partial charge in [0.2, 0.25) is 0 Å². The van der Waals surface area contributed by atoms with Crippen molar-refractivity contribution in [2.45, 2.75) is 64.6 Å². The lowest BCUT2D eigenvalue weighted by molar-refractivity contribution is 0.263. The summed E-state index contributed by atoms with van der Waals surface area (Å²) in [6, 6.07) is 34.4. The zero-order valence-corrected chi connectivity index (χ0v) is 25.9. The van der Waals surface area contributed by atoms with E-state index in [4.69, 9.17) is 18.9 Å². The van der Waals surface area contributed by atoms with Crippen LogP contribution < -0.4 is 9.47 Å². The fourth-order valence-corrected chi connectivity index (χ4v) is 4.92. The average Bonchev–Trinajstić information content (AvgIpc) is 3.92. The van der Waals surface area contributed by atoms with E-state index in [9.17, 15) is 0 Å². The molecule has 2 heterocycles. The van der Waals surface area contributed by atoms with Crippen LogP contribution in [0.4, 0.5) is 0 Å². The van der Waals surface area contributed by atoms with E-state index in [1.54, 1.807) is 0 Å². The van der Waals surface area contributed by atoms with Crippen LogP contribution in [0.25, 0.3) is 0 Å². The van der Waals surface area contributed by atoms with Gasteiger partial charge in [0.15, 0.2) is 0 Å². The Balaban J connectivity index is 0.000000181. The summed E-state index contributed by atoms with van der Waals surface area (Å²) in [6.45, 7) is 16.2. The molecule has 0 saturated carbocycles. The Morgan fingerprint density at radius 3 is 1.02 bits per heavy atom. The predicted octanol–water partition coefficient (Wildman–Crippen LogP) is 8.20. The molecule has 4 aromatic rings. The third-order valence-electron chi connectivity index (χ3n) is 8.38. The van der Waals surface area contributed by atoms with Gasteiger partial charge in [-0.25, -0.2) is 0 Å². The van der Waals surface area contributed by atoms with Crippen molar-refractivity contribution in [3.63, 3.8) is 0 Å². The normalized spacial score (nSPS) is 17.6. The second kappa shape index (κ2) is 12.7. The van der Waals surface area contributed by atoms with Gasteiger partial charge in [-0.3, -0.25) is 0 Å². The van der Waals surface area contributed by atoms with E-state index in [0.717, 1.165) is 24.7 Å². The molecule has 2 fully saturated rings. The van der Waals surface area contributed by atoms with Crippen molar-refractivity contribution in [1.82, 2.24) is 0 Å². The van der Waals surface area contributed by atoms with Crippen LogP contribution in [0.15, 0.2) is 97.1 Å². The van der Waals surface area contributed by atoms with E-state index in [1.807, 2.05) is 24.3 Å². The first-order chi connectivity index (χ1) is 20.1. The Kier molecular flexibility index (Phi) is 9.05. The molecular weight excluding hydrogens is 520 g/mol. The molecule has 2 unspecified atom stereocenters. The van der Waals surface area contributed by atoms with E-state index < -0.39 is 0 Å². The van der Waals surface area contributed by atoms with Crippen molar-refractivity contribution in [1.29, 1.82) is 0 Å². The Bertz CT molecular complexity index is 1300. The molecule has 2 atom stereocenters. The predicted molar refractivity (Wildman–Crippen MR) is 170 cm³/mol. The minimum absolute atomic E-state index is 0.0708. The van der Waals surface area contributed by atoms with Crippen molar-refractivity contribution in [3.05, 3.63) is 130 Å². The summed E-state index contributed by atoms with van der Waals surface area (Å²) >= 11 is 0. The Hall–Kier alpha value is -3.60. The van der Waals surface area contributed by atoms with Crippen molar-refractivity contribution in [3.8, 4) is 11.5 Å². The van der Waals surface area contributed by atoms with E-state index in [0.29, 0.717) is 13.2 Å². The molecule has 0 amide bonds. The van der Waals surface area contributed by atoms with Crippen molar-refractivity contribution in [2.75, 3.05) is 26.4 Å². The van der Waals surface area contributed by atoms with E-state index >= 15 is 0 Å². The smallest absolute Gasteiger partial charge is 0.119 e. The van der Waals surface area contributed by atoms with Gasteiger partial charge in [0.1, 0.15) is 36.9 Å². The number of epoxide rings is 2. The molecule has 42 heavy (non-hydrogen) atoms. The molecule has 6 rings (SSSR count). The van der Waals surface area contributed by atoms with Crippen LogP contribution in [0.1, 0.15) is 61.1 Å². The fraction of sp³-hybridized carbons (Fsp3) is 0.368. The number of aryl methyl sites for hydroxylation is 2. The number of hydrogen-bond acceptors (Lipinski definition) is 4. The highest BCUT2D eigenvalue weighted by molar-refractivity contribution is 5.42. The number of rotatable bonds is 10. The summed E-state index contributed by atoms with van der Waals surface area (Å²) in [5, 5.41) is 0. The fourth-order valence-electron chi connectivity index (χ4n) is 4.92. The molecule has 0 spiro atoms. The number of benzene rings is 4. The van der Waals surface area contributed by atoms with Gasteiger partial charge in [0.05, 0.1) is 13.2 Å². The van der Waals surface area contributed by atoms with Crippen LogP contribution in [0, 0.1) is 13.8 Å². The summed E-state index contributed by atoms with van der Waals surface area (Å²) in [7, 11) is 0. The van der Waals surface area contributed by atoms with Crippen molar-refractivity contribution >= 4 is 0 Å². The van der Waals surface area contributed by atoms with Crippen LogP contribution in [-0.4, -0.2) is 38.6 Å². The van der Waals surface area contributed by atoms with Gasteiger partial charge in [-0.05, 0) is 60.4 Å². The summed E-state index contributed by atoms with van der Waals surface area (Å²) in [5.74, 6) is 1.78. The Labute approximate surface area is 251 Å². The van der Waals surface area contributed by atoms with E-state index in [-0.39, 0.29) is 23.0 Å². The standard InChI is InChI=1S/C21H24O4.C17H20/c1-21(2,15-3-7-17(8-4-15)22-11-19-13-24-19)16-5-9-18(10-6-16)23-12-20-14-25-20;1-13-5-9-15(10-6-13)17(3,4)16-11-7-14(2)8-12-16/h3-10,19-20H,11-14H2,1-2H3;5-12H,1-4H3. The van der Waals surface area contributed by atoms with Crippen LogP contribution >= 0.6 is 0 Å². The van der Waals surface area contributed by atoms with Crippen molar-refractivity contribution < 1.29 is 18.9 Å². The lowest BCUT2D eigenvalue weighted by atomic mass is 9.78. The van der Waals surface area contributed by atoms with Crippen LogP contribution in [0.2, 0.25) is 0 Å². The summed E-state index contributed by atoms with van der Waals surface area (Å²) in [6.07, 6.45) is 0.562. The highest BCUT2D eigenvalue weighted by Gasteiger charge is 2.26. The molecule has 0 N–H and O–H groups in total. The lowest BCUT2D eigenvalue weighted by Gasteiger charge is -2.26. The molecular formula is C38H44O4. The molecule has 0 bridgehead atoms. The molecule has 0 aliphatic carbocycles. The summed E-state index contributed by atoms with van der Waals surface area (Å²) in [5.41, 5.74) is 7.85. The average molecular weight is 565 g/mol. The minimum Gasteiger partial charge on any atom is -0.491 e. The minimum atomic E-state index is -0.0870. The zero-order valence-electron chi connectivity index (χ0n) is 25.9. The Morgan fingerprint density at radius 1 is 0.500 bits per heavy atom. The zero-order chi connectivity index (χ0) is 29.7. The maximum atomic E-state index is 5.72. The monoisotopic (exact) mass is 564 g/mol. The maximum Gasteiger partial charge on any atom is 0.119 e. The lowest BCUT2D eigenvalue weighted by Crippen LogP contribution is -2.18. The van der Waals surface area contributed by atoms with Crippen LogP contribution in [0.5, 0.6) is 11.5 Å². The first-order valence-electron chi connectivity index (χ1n) is 15.0. The maximum absolute atomic E-state index is 5.72. The molecule has 0 aromatic heterocycles. The molecule has 4 heteroatoms. The third-order valence-corrected chi connectivity index (χ3v) is 8.38. The first kappa shape index (κ1) is 29.9. The van der Waals surface area contributed by atoms with Crippen molar-refractivity contribution in [2.24, 2.45) is 0 Å². The highest BCUT2D eigenvalue weighted by atomic mass is 16.6. The Morgan fingerprint density at radius 2 is 0.762 bits per heavy atom. The van der Waals surface area contributed by atoms with Crippen LogP contribution in [-0.2, 0) is 20.3 Å². The van der Waals surface area contributed by atoms with E-state index in [1.165, 1.54) is 33.4 Å². The quantitative estimate of drug-likeness (QED) is 0.182. The van der Waals surface area contributed by atoms with Gasteiger partial charge in [-0.15, -0.1) is 0 Å². The third kappa shape index (κ3) is 7.81. The topological polar surface area (TPSA) is 43.5 Å². The largest absolute Gasteiger partial charge is 0.491 e. The number of hydrogen-bond donors (Lipinski definition) is 0. The molecule has 2 saturated heterocycles. The van der Waals surface area contributed by atoms with E-state index in [2.05, 4.69) is 114 Å². The summed E-state index contributed by atoms with van der Waals surface area (Å²) < 4.78 is 21.8. The highest BCUT2D eigenvalue weighted by Crippen LogP contribution is 2.34. The van der Waals surface area contributed by atoms with Gasteiger partial charge in [0.25, 0.3) is 0 Å². The second-order valence-electron chi connectivity index (χ2n) is 12.6. The first-order valence-corrected chi connectivity index (χ1v) is 15.0. The van der Waals surface area contributed by atoms with Gasteiger partial charge in [-0.2, -0.15) is 0 Å². The van der Waals surface area contributed by atoms with Gasteiger partial charge in [-0.1, -0.05) is 112 Å². The van der Waals surface area contributed by atoms with Gasteiger partial charge >= 0.3 is 0 Å². The second-order valence-corrected chi connectivity index (χ2v) is 12.6. The van der Waals surface area contributed by atoms with Gasteiger partial charge in [0, 0.05) is 10.8 Å². The molecule has 4 aromatic carbocycles. The molecule has 2 aliphatic rings.